The number of anilines is 1. The van der Waals surface area contributed by atoms with Crippen LogP contribution in [0.1, 0.15) is 36.8 Å². The van der Waals surface area contributed by atoms with Gasteiger partial charge in [-0.3, -0.25) is 0 Å². The number of hydrogen-bond donors (Lipinski definition) is 1. The van der Waals surface area contributed by atoms with Gasteiger partial charge in [-0.05, 0) is 49.7 Å². The van der Waals surface area contributed by atoms with Crippen LogP contribution in [-0.4, -0.2) is 30.2 Å². The van der Waals surface area contributed by atoms with Crippen molar-refractivity contribution in [3.63, 3.8) is 0 Å². The molecule has 1 unspecified atom stereocenters. The number of benzene rings is 1. The van der Waals surface area contributed by atoms with Crippen molar-refractivity contribution in [3.8, 4) is 0 Å². The van der Waals surface area contributed by atoms with E-state index < -0.39 is 0 Å². The Morgan fingerprint density at radius 1 is 1.04 bits per heavy atom. The summed E-state index contributed by atoms with van der Waals surface area (Å²) in [7, 11) is 0. The molecule has 0 spiro atoms. The van der Waals surface area contributed by atoms with Crippen LogP contribution in [0, 0.1) is 0 Å². The molecule has 4 rings (SSSR count). The summed E-state index contributed by atoms with van der Waals surface area (Å²) < 4.78 is 0. The second kappa shape index (κ2) is 7.02. The van der Waals surface area contributed by atoms with Gasteiger partial charge < -0.3 is 10.2 Å². The summed E-state index contributed by atoms with van der Waals surface area (Å²) in [5.74, 6) is 0. The Hall–Kier alpha value is -1.39. The highest BCUT2D eigenvalue weighted by molar-refractivity contribution is 7.13. The SMILES string of the molecule is c1ccc2c(c1)CCCC(NC1CCN(c3nccs3)CC1)C2. The molecule has 0 saturated carbocycles. The van der Waals surface area contributed by atoms with Gasteiger partial charge in [-0.2, -0.15) is 0 Å². The number of piperidine rings is 1. The van der Waals surface area contributed by atoms with Crippen molar-refractivity contribution in [1.82, 2.24) is 10.3 Å². The standard InChI is InChI=1S/C19H25N3S/c1-2-5-16-14-18(7-3-6-15(16)4-1)21-17-8-11-22(12-9-17)19-20-10-13-23-19/h1-2,4-5,10,13,17-18,21H,3,6-9,11-12,14H2. The van der Waals surface area contributed by atoms with Crippen molar-refractivity contribution in [2.75, 3.05) is 18.0 Å². The fourth-order valence-electron chi connectivity index (χ4n) is 3.99. The number of nitrogens with zero attached hydrogens (tertiary/aromatic N) is 2. The van der Waals surface area contributed by atoms with Crippen LogP contribution in [0.5, 0.6) is 0 Å². The van der Waals surface area contributed by atoms with Crippen LogP contribution in [0.2, 0.25) is 0 Å². The lowest BCUT2D eigenvalue weighted by Gasteiger charge is -2.34. The molecule has 1 atom stereocenters. The number of nitrogens with one attached hydrogen (secondary N) is 1. The molecule has 1 fully saturated rings. The molecule has 2 aromatic rings. The molecule has 122 valence electrons. The summed E-state index contributed by atoms with van der Waals surface area (Å²) in [5, 5.41) is 7.22. The van der Waals surface area contributed by atoms with Gasteiger partial charge in [0.2, 0.25) is 0 Å². The minimum atomic E-state index is 0.648. The maximum atomic E-state index is 4.44. The highest BCUT2D eigenvalue weighted by Crippen LogP contribution is 2.24. The summed E-state index contributed by atoms with van der Waals surface area (Å²) in [4.78, 5) is 6.88. The average molecular weight is 327 g/mol. The molecule has 2 heterocycles. The molecule has 0 amide bonds. The van der Waals surface area contributed by atoms with Crippen LogP contribution in [0.3, 0.4) is 0 Å². The first kappa shape index (κ1) is 15.2. The molecule has 1 N–H and O–H groups in total. The fourth-order valence-corrected chi connectivity index (χ4v) is 4.69. The molecular formula is C19H25N3S. The second-order valence-electron chi connectivity index (χ2n) is 6.80. The molecule has 1 aromatic heterocycles. The minimum absolute atomic E-state index is 0.648. The minimum Gasteiger partial charge on any atom is -0.348 e. The normalized spacial score (nSPS) is 22.6. The van der Waals surface area contributed by atoms with Gasteiger partial charge in [-0.15, -0.1) is 11.3 Å². The van der Waals surface area contributed by atoms with Crippen molar-refractivity contribution >= 4 is 16.5 Å². The number of fused-ring (bicyclic) bond motifs is 1. The van der Waals surface area contributed by atoms with Crippen molar-refractivity contribution in [1.29, 1.82) is 0 Å². The lowest BCUT2D eigenvalue weighted by Crippen LogP contribution is -2.46. The summed E-state index contributed by atoms with van der Waals surface area (Å²) in [6.07, 6.45) is 9.44. The number of rotatable bonds is 3. The van der Waals surface area contributed by atoms with Gasteiger partial charge >= 0.3 is 0 Å². The molecule has 1 saturated heterocycles. The van der Waals surface area contributed by atoms with Crippen LogP contribution in [0.4, 0.5) is 5.13 Å². The first-order valence-electron chi connectivity index (χ1n) is 8.86. The molecule has 0 bridgehead atoms. The van der Waals surface area contributed by atoms with E-state index in [4.69, 9.17) is 0 Å². The third-order valence-corrected chi connectivity index (χ3v) is 6.07. The smallest absolute Gasteiger partial charge is 0.185 e. The Morgan fingerprint density at radius 2 is 1.87 bits per heavy atom. The molecule has 23 heavy (non-hydrogen) atoms. The Bertz CT molecular complexity index is 617. The predicted molar refractivity (Wildman–Crippen MR) is 97.4 cm³/mol. The Balaban J connectivity index is 1.33. The Kier molecular flexibility index (Phi) is 4.62. The van der Waals surface area contributed by atoms with E-state index in [9.17, 15) is 0 Å². The average Bonchev–Trinajstić information content (AvgIpc) is 3.04. The zero-order chi connectivity index (χ0) is 15.5. The molecule has 2 aliphatic rings. The van der Waals surface area contributed by atoms with Crippen LogP contribution >= 0.6 is 11.3 Å². The van der Waals surface area contributed by atoms with Crippen molar-refractivity contribution in [2.45, 2.75) is 50.6 Å². The maximum Gasteiger partial charge on any atom is 0.185 e. The summed E-state index contributed by atoms with van der Waals surface area (Å²) in [6.45, 7) is 2.27. The van der Waals surface area contributed by atoms with E-state index in [0.29, 0.717) is 12.1 Å². The van der Waals surface area contributed by atoms with Crippen LogP contribution < -0.4 is 10.2 Å². The third-order valence-electron chi connectivity index (χ3n) is 5.24. The zero-order valence-electron chi connectivity index (χ0n) is 13.6. The topological polar surface area (TPSA) is 28.2 Å². The first-order valence-corrected chi connectivity index (χ1v) is 9.74. The van der Waals surface area contributed by atoms with Gasteiger partial charge in [-0.1, -0.05) is 24.3 Å². The van der Waals surface area contributed by atoms with E-state index >= 15 is 0 Å². The van der Waals surface area contributed by atoms with Crippen LogP contribution in [0.25, 0.3) is 0 Å². The summed E-state index contributed by atoms with van der Waals surface area (Å²) >= 11 is 1.76. The predicted octanol–water partition coefficient (Wildman–Crippen LogP) is 3.65. The van der Waals surface area contributed by atoms with E-state index in [1.807, 2.05) is 6.20 Å². The van der Waals surface area contributed by atoms with E-state index in [-0.39, 0.29) is 0 Å². The quantitative estimate of drug-likeness (QED) is 0.872. The van der Waals surface area contributed by atoms with Gasteiger partial charge in [0.1, 0.15) is 0 Å². The van der Waals surface area contributed by atoms with Crippen molar-refractivity contribution < 1.29 is 0 Å². The number of thiazole rings is 1. The highest BCUT2D eigenvalue weighted by Gasteiger charge is 2.24. The van der Waals surface area contributed by atoms with Crippen molar-refractivity contribution in [2.24, 2.45) is 0 Å². The monoisotopic (exact) mass is 327 g/mol. The molecular weight excluding hydrogens is 302 g/mol. The molecule has 3 nitrogen and oxygen atoms in total. The lowest BCUT2D eigenvalue weighted by molar-refractivity contribution is 0.352. The van der Waals surface area contributed by atoms with E-state index in [1.165, 1.54) is 43.7 Å². The Labute approximate surface area is 142 Å². The molecule has 4 heteroatoms. The van der Waals surface area contributed by atoms with Gasteiger partial charge in [0.15, 0.2) is 5.13 Å². The van der Waals surface area contributed by atoms with E-state index in [2.05, 4.69) is 44.8 Å². The van der Waals surface area contributed by atoms with Crippen LogP contribution in [0.15, 0.2) is 35.8 Å². The van der Waals surface area contributed by atoms with Crippen LogP contribution in [-0.2, 0) is 12.8 Å². The van der Waals surface area contributed by atoms with E-state index in [1.54, 1.807) is 22.5 Å². The molecule has 1 aliphatic heterocycles. The lowest BCUT2D eigenvalue weighted by atomic mass is 9.99. The largest absolute Gasteiger partial charge is 0.348 e. The van der Waals surface area contributed by atoms with Gasteiger partial charge in [0, 0.05) is 36.8 Å². The van der Waals surface area contributed by atoms with Gasteiger partial charge in [0.25, 0.3) is 0 Å². The number of aromatic nitrogens is 1. The zero-order valence-corrected chi connectivity index (χ0v) is 14.4. The van der Waals surface area contributed by atoms with Gasteiger partial charge in [0.05, 0.1) is 0 Å². The number of aryl methyl sites for hydroxylation is 1. The van der Waals surface area contributed by atoms with Gasteiger partial charge in [-0.25, -0.2) is 4.98 Å². The first-order chi connectivity index (χ1) is 11.4. The summed E-state index contributed by atoms with van der Waals surface area (Å²) in [6, 6.07) is 10.3. The number of hydrogen-bond acceptors (Lipinski definition) is 4. The molecule has 0 radical (unpaired) electrons. The second-order valence-corrected chi connectivity index (χ2v) is 7.68. The van der Waals surface area contributed by atoms with E-state index in [0.717, 1.165) is 13.1 Å². The maximum absolute atomic E-state index is 4.44. The Morgan fingerprint density at radius 3 is 2.65 bits per heavy atom. The summed E-state index contributed by atoms with van der Waals surface area (Å²) in [5.41, 5.74) is 3.12. The molecule has 1 aliphatic carbocycles. The van der Waals surface area contributed by atoms with Crippen molar-refractivity contribution in [3.05, 3.63) is 47.0 Å². The highest BCUT2D eigenvalue weighted by atomic mass is 32.1. The molecule has 1 aromatic carbocycles. The fraction of sp³-hybridized carbons (Fsp3) is 0.526. The third kappa shape index (κ3) is 3.59.